The molecule has 1 saturated carbocycles. The van der Waals surface area contributed by atoms with Gasteiger partial charge >= 0.3 is 12.2 Å². The lowest BCUT2D eigenvalue weighted by atomic mass is 9.96. The zero-order valence-electron chi connectivity index (χ0n) is 23.9. The fourth-order valence-electron chi connectivity index (χ4n) is 4.57. The van der Waals surface area contributed by atoms with E-state index in [-0.39, 0.29) is 24.5 Å². The number of rotatable bonds is 10. The third kappa shape index (κ3) is 8.20. The molecule has 4 rings (SSSR count). The first-order valence-corrected chi connectivity index (χ1v) is 14.9. The molecule has 0 spiro atoms. The fourth-order valence-corrected chi connectivity index (χ4v) is 5.75. The van der Waals surface area contributed by atoms with Crippen molar-refractivity contribution in [1.29, 1.82) is 0 Å². The van der Waals surface area contributed by atoms with Gasteiger partial charge in [-0.25, -0.2) is 19.6 Å². The van der Waals surface area contributed by atoms with Crippen molar-refractivity contribution in [2.45, 2.75) is 77.9 Å². The molecule has 3 aliphatic rings. The van der Waals surface area contributed by atoms with E-state index in [9.17, 15) is 14.4 Å². The summed E-state index contributed by atoms with van der Waals surface area (Å²) in [6, 6.07) is 2.02. The average Bonchev–Trinajstić information content (AvgIpc) is 3.11. The molecule has 2 fully saturated rings. The fraction of sp³-hybridized carbons (Fsp3) is 0.643. The van der Waals surface area contributed by atoms with E-state index in [2.05, 4.69) is 10.3 Å². The third-order valence-electron chi connectivity index (χ3n) is 6.75. The Kier molecular flexibility index (Phi) is 9.72. The average molecular weight is 576 g/mol. The number of carbonyl (C=O) groups is 3. The maximum Gasteiger partial charge on any atom is 0.410 e. The van der Waals surface area contributed by atoms with Gasteiger partial charge in [0.1, 0.15) is 17.5 Å². The molecule has 1 saturated heterocycles. The lowest BCUT2D eigenvalue weighted by Gasteiger charge is -2.39. The second kappa shape index (κ2) is 13.0. The van der Waals surface area contributed by atoms with Crippen LogP contribution in [0.3, 0.4) is 0 Å². The number of alkyl carbamates (subject to hydrolysis) is 1. The highest BCUT2D eigenvalue weighted by atomic mass is 32.1. The van der Waals surface area contributed by atoms with Crippen LogP contribution in [-0.4, -0.2) is 78.4 Å². The Balaban J connectivity index is 1.32. The minimum atomic E-state index is -0.509. The number of thiophene rings is 1. The molecule has 0 bridgehead atoms. The van der Waals surface area contributed by atoms with Gasteiger partial charge in [0.15, 0.2) is 0 Å². The number of hydrogen-bond donors (Lipinski definition) is 2. The first-order valence-electron chi connectivity index (χ1n) is 14.0. The lowest BCUT2D eigenvalue weighted by molar-refractivity contribution is -0.180. The van der Waals surface area contributed by atoms with Gasteiger partial charge in [-0.1, -0.05) is 0 Å². The molecular weight excluding hydrogens is 534 g/mol. The molecule has 0 unspecified atom stereocenters. The molecule has 1 aliphatic carbocycles. The summed E-state index contributed by atoms with van der Waals surface area (Å²) in [4.78, 5) is 51.4. The van der Waals surface area contributed by atoms with Crippen LogP contribution in [0.15, 0.2) is 16.6 Å². The number of aliphatic imine (C=N–C) groups is 1. The van der Waals surface area contributed by atoms with Crippen LogP contribution in [0.1, 0.15) is 69.6 Å². The summed E-state index contributed by atoms with van der Waals surface area (Å²) >= 11 is 1.58. The number of nitrogens with zero attached hydrogens (tertiary/aromatic N) is 3. The van der Waals surface area contributed by atoms with Crippen molar-refractivity contribution in [3.63, 3.8) is 0 Å². The number of ether oxygens (including phenoxy) is 2. The molecule has 0 radical (unpaired) electrons. The van der Waals surface area contributed by atoms with Gasteiger partial charge in [-0.2, -0.15) is 0 Å². The van der Waals surface area contributed by atoms with Gasteiger partial charge in [-0.3, -0.25) is 9.63 Å². The van der Waals surface area contributed by atoms with Crippen molar-refractivity contribution in [2.75, 3.05) is 32.8 Å². The van der Waals surface area contributed by atoms with Crippen LogP contribution in [0, 0.1) is 5.92 Å². The van der Waals surface area contributed by atoms with Gasteiger partial charge in [0.25, 0.3) is 5.91 Å². The number of amidine groups is 1. The Morgan fingerprint density at radius 2 is 2.00 bits per heavy atom. The number of fused-ring (bicyclic) bond motifs is 1. The molecule has 3 amide bonds. The highest BCUT2D eigenvalue weighted by Gasteiger charge is 2.34. The predicted octanol–water partition coefficient (Wildman–Crippen LogP) is 4.38. The third-order valence-corrected chi connectivity index (χ3v) is 7.84. The van der Waals surface area contributed by atoms with Gasteiger partial charge in [-0.05, 0) is 77.9 Å². The topological polar surface area (TPSA) is 136 Å². The van der Waals surface area contributed by atoms with Crippen LogP contribution in [-0.2, 0) is 25.5 Å². The van der Waals surface area contributed by atoms with E-state index < -0.39 is 11.7 Å². The van der Waals surface area contributed by atoms with Crippen molar-refractivity contribution in [2.24, 2.45) is 16.6 Å². The van der Waals surface area contributed by atoms with E-state index in [0.717, 1.165) is 41.1 Å². The van der Waals surface area contributed by atoms with Crippen molar-refractivity contribution < 1.29 is 28.7 Å². The van der Waals surface area contributed by atoms with Crippen LogP contribution in [0.4, 0.5) is 15.3 Å². The van der Waals surface area contributed by atoms with E-state index in [0.29, 0.717) is 56.5 Å². The second-order valence-corrected chi connectivity index (χ2v) is 12.6. The highest BCUT2D eigenvalue weighted by Crippen LogP contribution is 2.37. The Bertz CT molecular complexity index is 1150. The first kappa shape index (κ1) is 29.9. The molecule has 220 valence electrons. The Morgan fingerprint density at radius 1 is 1.25 bits per heavy atom. The molecule has 1 aromatic rings. The molecule has 3 N–H and O–H groups in total. The number of carbonyl (C=O) groups excluding carboxylic acids is 3. The number of hydrogen-bond acceptors (Lipinski definition) is 9. The quantitative estimate of drug-likeness (QED) is 0.312. The lowest BCUT2D eigenvalue weighted by Crippen LogP contribution is -2.52. The summed E-state index contributed by atoms with van der Waals surface area (Å²) in [5.74, 6) is 0.431. The molecule has 11 nitrogen and oxygen atoms in total. The Labute approximate surface area is 239 Å². The smallest absolute Gasteiger partial charge is 0.410 e. The Morgan fingerprint density at radius 3 is 2.65 bits per heavy atom. The minimum Gasteiger partial charge on any atom is -0.446 e. The van der Waals surface area contributed by atoms with E-state index in [4.69, 9.17) is 20.0 Å². The van der Waals surface area contributed by atoms with Gasteiger partial charge in [0, 0.05) is 36.5 Å². The molecule has 1 aromatic heterocycles. The molecule has 40 heavy (non-hydrogen) atoms. The van der Waals surface area contributed by atoms with Crippen LogP contribution in [0.2, 0.25) is 0 Å². The van der Waals surface area contributed by atoms with Crippen LogP contribution in [0.5, 0.6) is 0 Å². The monoisotopic (exact) mass is 575 g/mol. The molecule has 12 heteroatoms. The maximum absolute atomic E-state index is 13.4. The normalized spacial score (nSPS) is 17.4. The molecule has 0 atom stereocenters. The van der Waals surface area contributed by atoms with Crippen molar-refractivity contribution in [1.82, 2.24) is 15.3 Å². The summed E-state index contributed by atoms with van der Waals surface area (Å²) in [5.41, 5.74) is 6.94. The number of amides is 3. The predicted molar refractivity (Wildman–Crippen MR) is 153 cm³/mol. The minimum absolute atomic E-state index is 0.0269. The van der Waals surface area contributed by atoms with E-state index in [1.165, 1.54) is 5.06 Å². The largest absolute Gasteiger partial charge is 0.446 e. The number of hydroxylamine groups is 2. The van der Waals surface area contributed by atoms with Crippen LogP contribution in [0.25, 0.3) is 6.08 Å². The SMILES string of the molecule is CCON(CCCNC(=O)OC1CCC1)C(=O)C1=Cc2sc(CC3CN(C(=O)OC(C)(C)C)C3)cc2N=C(N)C1. The van der Waals surface area contributed by atoms with Gasteiger partial charge in [0.2, 0.25) is 0 Å². The number of likely N-dealkylation sites (tertiary alicyclic amines) is 1. The van der Waals surface area contributed by atoms with Crippen molar-refractivity contribution >= 4 is 47.0 Å². The van der Waals surface area contributed by atoms with Gasteiger partial charge in [0.05, 0.1) is 23.7 Å². The van der Waals surface area contributed by atoms with Gasteiger partial charge < -0.3 is 25.4 Å². The molecule has 2 aliphatic heterocycles. The van der Waals surface area contributed by atoms with E-state index in [1.807, 2.05) is 39.8 Å². The molecule has 3 heterocycles. The van der Waals surface area contributed by atoms with Gasteiger partial charge in [-0.15, -0.1) is 11.3 Å². The van der Waals surface area contributed by atoms with E-state index >= 15 is 0 Å². The zero-order valence-corrected chi connectivity index (χ0v) is 24.7. The summed E-state index contributed by atoms with van der Waals surface area (Å²) in [6.07, 6.45) is 5.65. The zero-order chi connectivity index (χ0) is 28.9. The first-order chi connectivity index (χ1) is 19.0. The van der Waals surface area contributed by atoms with E-state index in [1.54, 1.807) is 16.2 Å². The second-order valence-electron chi connectivity index (χ2n) is 11.4. The number of nitrogens with one attached hydrogen (secondary N) is 1. The highest BCUT2D eigenvalue weighted by molar-refractivity contribution is 7.13. The van der Waals surface area contributed by atoms with Crippen molar-refractivity contribution in [3.05, 3.63) is 21.4 Å². The summed E-state index contributed by atoms with van der Waals surface area (Å²) in [7, 11) is 0. The summed E-state index contributed by atoms with van der Waals surface area (Å²) < 4.78 is 10.7. The maximum atomic E-state index is 13.4. The standard InChI is InChI=1S/C28H41N5O6S/c1-5-37-33(11-7-10-30-26(35)38-20-8-6-9-20)25(34)19-13-23-22(31-24(29)14-19)15-21(40-23)12-18-16-32(17-18)27(36)39-28(2,3)4/h13,15,18,20H,5-12,14,16-17H2,1-4H3,(H2,29,31)(H,30,35). The van der Waals surface area contributed by atoms with Crippen LogP contribution >= 0.6 is 11.3 Å². The number of nitrogens with two attached hydrogens (primary N) is 1. The summed E-state index contributed by atoms with van der Waals surface area (Å²) in [6.45, 7) is 9.71. The summed E-state index contributed by atoms with van der Waals surface area (Å²) in [5, 5.41) is 4.07. The molecule has 0 aromatic carbocycles. The Hall–Kier alpha value is -3.12. The van der Waals surface area contributed by atoms with Crippen LogP contribution < -0.4 is 11.1 Å². The molecular formula is C28H41N5O6S. The van der Waals surface area contributed by atoms with Crippen molar-refractivity contribution in [3.8, 4) is 0 Å².